The van der Waals surface area contributed by atoms with Gasteiger partial charge < -0.3 is 4.98 Å². The van der Waals surface area contributed by atoms with E-state index in [1.807, 2.05) is 12.1 Å². The predicted molar refractivity (Wildman–Crippen MR) is 60.1 cm³/mol. The summed E-state index contributed by atoms with van der Waals surface area (Å²) >= 11 is 0. The average Bonchev–Trinajstić information content (AvgIpc) is 2.83. The minimum Gasteiger partial charge on any atom is -0.360 e. The molecule has 0 aliphatic carbocycles. The van der Waals surface area contributed by atoms with Crippen molar-refractivity contribution >= 4 is 12.1 Å². The summed E-state index contributed by atoms with van der Waals surface area (Å²) in [7, 11) is 0. The lowest BCUT2D eigenvalue weighted by atomic mass is 10.3. The van der Waals surface area contributed by atoms with Crippen molar-refractivity contribution in [2.24, 2.45) is 5.10 Å². The molecule has 0 spiro atoms. The molecule has 2 rings (SSSR count). The van der Waals surface area contributed by atoms with Crippen molar-refractivity contribution in [3.63, 3.8) is 0 Å². The summed E-state index contributed by atoms with van der Waals surface area (Å²) in [4.78, 5) is 18.3. The second-order valence-corrected chi connectivity index (χ2v) is 3.06. The van der Waals surface area contributed by atoms with Crippen LogP contribution in [0.2, 0.25) is 0 Å². The summed E-state index contributed by atoms with van der Waals surface area (Å²) < 4.78 is 0. The molecule has 80 valence electrons. The molecule has 0 aliphatic rings. The molecule has 2 heterocycles. The fourth-order valence-corrected chi connectivity index (χ4v) is 1.15. The molecule has 2 aromatic rings. The highest BCUT2D eigenvalue weighted by Gasteiger charge is 2.01. The Morgan fingerprint density at radius 1 is 1.38 bits per heavy atom. The van der Waals surface area contributed by atoms with Gasteiger partial charge in [-0.3, -0.25) is 9.78 Å². The van der Waals surface area contributed by atoms with Gasteiger partial charge in [0.2, 0.25) is 0 Å². The highest BCUT2D eigenvalue weighted by atomic mass is 16.2. The van der Waals surface area contributed by atoms with Gasteiger partial charge in [-0.2, -0.15) is 5.10 Å². The van der Waals surface area contributed by atoms with E-state index in [0.717, 1.165) is 5.69 Å². The number of carbonyl (C=O) groups is 1. The average molecular weight is 214 g/mol. The molecule has 1 amide bonds. The fraction of sp³-hybridized carbons (Fsp3) is 0. The quantitative estimate of drug-likeness (QED) is 0.594. The maximum absolute atomic E-state index is 11.5. The van der Waals surface area contributed by atoms with Crippen LogP contribution >= 0.6 is 0 Å². The first-order valence-electron chi connectivity index (χ1n) is 4.73. The minimum absolute atomic E-state index is 0.259. The fourth-order valence-electron chi connectivity index (χ4n) is 1.15. The van der Waals surface area contributed by atoms with E-state index >= 15 is 0 Å². The Labute approximate surface area is 92.2 Å². The first kappa shape index (κ1) is 10.1. The highest BCUT2D eigenvalue weighted by Crippen LogP contribution is 1.95. The number of aromatic nitrogens is 2. The summed E-state index contributed by atoms with van der Waals surface area (Å²) in [6.07, 6.45) is 6.44. The third-order valence-electron chi connectivity index (χ3n) is 1.93. The van der Waals surface area contributed by atoms with E-state index in [-0.39, 0.29) is 5.91 Å². The number of hydrazone groups is 1. The zero-order valence-corrected chi connectivity index (χ0v) is 8.42. The Bertz CT molecular complexity index is 476. The molecule has 0 radical (unpaired) electrons. The number of hydrogen-bond acceptors (Lipinski definition) is 3. The second kappa shape index (κ2) is 4.88. The maximum atomic E-state index is 11.5. The Morgan fingerprint density at radius 2 is 2.19 bits per heavy atom. The summed E-state index contributed by atoms with van der Waals surface area (Å²) in [5.41, 5.74) is 3.78. The number of carbonyl (C=O) groups excluding carboxylic acids is 1. The van der Waals surface area contributed by atoms with Crippen molar-refractivity contribution in [1.82, 2.24) is 15.4 Å². The van der Waals surface area contributed by atoms with Crippen molar-refractivity contribution in [3.8, 4) is 0 Å². The number of aromatic amines is 1. The van der Waals surface area contributed by atoms with Crippen LogP contribution in [0.25, 0.3) is 0 Å². The first-order valence-corrected chi connectivity index (χ1v) is 4.73. The first-order chi connectivity index (χ1) is 7.86. The molecule has 0 unspecified atom stereocenters. The van der Waals surface area contributed by atoms with E-state index in [0.29, 0.717) is 5.56 Å². The van der Waals surface area contributed by atoms with Gasteiger partial charge in [-0.1, -0.05) is 0 Å². The number of rotatable bonds is 3. The summed E-state index contributed by atoms with van der Waals surface area (Å²) in [5.74, 6) is -0.259. The molecule has 0 saturated heterocycles. The maximum Gasteiger partial charge on any atom is 0.271 e. The standard InChI is InChI=1S/C11H10N4O/c16-11(9-3-6-12-7-4-9)15-14-8-10-2-1-5-13-10/h1-8,13H,(H,15,16)/b14-8-. The Morgan fingerprint density at radius 3 is 2.88 bits per heavy atom. The van der Waals surface area contributed by atoms with Gasteiger partial charge in [0, 0.05) is 24.2 Å². The molecule has 16 heavy (non-hydrogen) atoms. The largest absolute Gasteiger partial charge is 0.360 e. The van der Waals surface area contributed by atoms with E-state index in [9.17, 15) is 4.79 Å². The second-order valence-electron chi connectivity index (χ2n) is 3.06. The zero-order chi connectivity index (χ0) is 11.2. The van der Waals surface area contributed by atoms with Crippen molar-refractivity contribution in [3.05, 3.63) is 54.1 Å². The van der Waals surface area contributed by atoms with E-state index in [4.69, 9.17) is 0 Å². The SMILES string of the molecule is O=C(N/N=C\c1ccc[nH]1)c1ccncc1. The van der Waals surface area contributed by atoms with Gasteiger partial charge in [-0.05, 0) is 24.3 Å². The van der Waals surface area contributed by atoms with Crippen LogP contribution < -0.4 is 5.43 Å². The zero-order valence-electron chi connectivity index (χ0n) is 8.42. The lowest BCUT2D eigenvalue weighted by Crippen LogP contribution is -2.17. The lowest BCUT2D eigenvalue weighted by molar-refractivity contribution is 0.0955. The molecule has 2 N–H and O–H groups in total. The van der Waals surface area contributed by atoms with Crippen LogP contribution in [0.1, 0.15) is 16.1 Å². The monoisotopic (exact) mass is 214 g/mol. The summed E-state index contributed by atoms with van der Waals surface area (Å²) in [5, 5.41) is 3.81. The van der Waals surface area contributed by atoms with Crippen LogP contribution in [0.5, 0.6) is 0 Å². The number of H-pyrrole nitrogens is 1. The Hall–Kier alpha value is -2.43. The van der Waals surface area contributed by atoms with Crippen LogP contribution in [0.4, 0.5) is 0 Å². The number of amides is 1. The Balaban J connectivity index is 1.94. The van der Waals surface area contributed by atoms with Gasteiger partial charge in [-0.25, -0.2) is 5.43 Å². The number of pyridine rings is 1. The van der Waals surface area contributed by atoms with Gasteiger partial charge in [0.1, 0.15) is 0 Å². The van der Waals surface area contributed by atoms with E-state index in [1.165, 1.54) is 0 Å². The third kappa shape index (κ3) is 2.54. The van der Waals surface area contributed by atoms with Crippen LogP contribution in [0, 0.1) is 0 Å². The van der Waals surface area contributed by atoms with Crippen molar-refractivity contribution in [2.45, 2.75) is 0 Å². The molecule has 2 aromatic heterocycles. The van der Waals surface area contributed by atoms with Gasteiger partial charge in [0.15, 0.2) is 0 Å². The van der Waals surface area contributed by atoms with Crippen LogP contribution in [-0.2, 0) is 0 Å². The summed E-state index contributed by atoms with van der Waals surface area (Å²) in [6, 6.07) is 6.95. The third-order valence-corrected chi connectivity index (χ3v) is 1.93. The van der Waals surface area contributed by atoms with Gasteiger partial charge >= 0.3 is 0 Å². The Kier molecular flexibility index (Phi) is 3.08. The highest BCUT2D eigenvalue weighted by molar-refractivity contribution is 5.94. The van der Waals surface area contributed by atoms with E-state index in [2.05, 4.69) is 20.5 Å². The minimum atomic E-state index is -0.259. The van der Waals surface area contributed by atoms with Crippen molar-refractivity contribution < 1.29 is 4.79 Å². The van der Waals surface area contributed by atoms with E-state index < -0.39 is 0 Å². The van der Waals surface area contributed by atoms with Crippen LogP contribution in [-0.4, -0.2) is 22.1 Å². The smallest absolute Gasteiger partial charge is 0.271 e. The molecular weight excluding hydrogens is 204 g/mol. The van der Waals surface area contributed by atoms with Crippen LogP contribution in [0.3, 0.4) is 0 Å². The molecular formula is C11H10N4O. The number of nitrogens with one attached hydrogen (secondary N) is 2. The molecule has 0 fully saturated rings. The molecule has 5 heteroatoms. The lowest BCUT2D eigenvalue weighted by Gasteiger charge is -1.97. The van der Waals surface area contributed by atoms with Gasteiger partial charge in [0.25, 0.3) is 5.91 Å². The van der Waals surface area contributed by atoms with E-state index in [1.54, 1.807) is 36.9 Å². The molecule has 5 nitrogen and oxygen atoms in total. The molecule has 0 atom stereocenters. The normalized spacial score (nSPS) is 10.5. The van der Waals surface area contributed by atoms with Crippen molar-refractivity contribution in [2.75, 3.05) is 0 Å². The molecule has 0 saturated carbocycles. The molecule has 0 bridgehead atoms. The molecule has 0 aromatic carbocycles. The number of hydrogen-bond donors (Lipinski definition) is 2. The van der Waals surface area contributed by atoms with Gasteiger partial charge in [0.05, 0.1) is 11.9 Å². The number of nitrogens with zero attached hydrogens (tertiary/aromatic N) is 2. The van der Waals surface area contributed by atoms with Crippen LogP contribution in [0.15, 0.2) is 48.0 Å². The van der Waals surface area contributed by atoms with Crippen molar-refractivity contribution in [1.29, 1.82) is 0 Å². The predicted octanol–water partition coefficient (Wildman–Crippen LogP) is 1.17. The topological polar surface area (TPSA) is 70.1 Å². The molecule has 0 aliphatic heterocycles. The van der Waals surface area contributed by atoms with Gasteiger partial charge in [-0.15, -0.1) is 0 Å². The summed E-state index contributed by atoms with van der Waals surface area (Å²) in [6.45, 7) is 0.